The lowest BCUT2D eigenvalue weighted by Gasteiger charge is -2.41. The van der Waals surface area contributed by atoms with Crippen molar-refractivity contribution in [1.29, 1.82) is 0 Å². The van der Waals surface area contributed by atoms with Gasteiger partial charge < -0.3 is 10.0 Å². The number of hydrogen-bond acceptors (Lipinski definition) is 3. The minimum Gasteiger partial charge on any atom is -0.383 e. The monoisotopic (exact) mass is 286 g/mol. The second kappa shape index (κ2) is 4.43. The van der Waals surface area contributed by atoms with Crippen molar-refractivity contribution < 1.29 is 18.3 Å². The fraction of sp³-hybridized carbons (Fsp3) is 0.643. The van der Waals surface area contributed by atoms with Crippen LogP contribution in [0.25, 0.3) is 0 Å². The zero-order valence-electron chi connectivity index (χ0n) is 11.2. The zero-order valence-corrected chi connectivity index (χ0v) is 11.2. The van der Waals surface area contributed by atoms with Crippen LogP contribution in [0.4, 0.5) is 13.2 Å². The van der Waals surface area contributed by atoms with Gasteiger partial charge in [0.05, 0.1) is 5.69 Å². The van der Waals surface area contributed by atoms with Crippen molar-refractivity contribution in [3.63, 3.8) is 0 Å². The van der Waals surface area contributed by atoms with Crippen LogP contribution in [-0.2, 0) is 11.8 Å². The highest BCUT2D eigenvalue weighted by Gasteiger charge is 2.48. The van der Waals surface area contributed by atoms with Gasteiger partial charge >= 0.3 is 6.18 Å². The van der Waals surface area contributed by atoms with Crippen LogP contribution >= 0.6 is 0 Å². The summed E-state index contributed by atoms with van der Waals surface area (Å²) in [5.74, 6) is 0. The van der Waals surface area contributed by atoms with Gasteiger partial charge in [-0.1, -0.05) is 6.07 Å². The number of aliphatic hydroxyl groups is 1. The van der Waals surface area contributed by atoms with Crippen LogP contribution in [0.3, 0.4) is 0 Å². The Morgan fingerprint density at radius 2 is 1.85 bits per heavy atom. The van der Waals surface area contributed by atoms with Crippen molar-refractivity contribution in [2.24, 2.45) is 0 Å². The average molecular weight is 286 g/mol. The van der Waals surface area contributed by atoms with E-state index in [9.17, 15) is 18.3 Å². The molecule has 0 aliphatic carbocycles. The van der Waals surface area contributed by atoms with E-state index in [-0.39, 0.29) is 17.8 Å². The number of nitrogens with zero attached hydrogens (tertiary/aromatic N) is 2. The first-order chi connectivity index (χ1) is 9.29. The summed E-state index contributed by atoms with van der Waals surface area (Å²) in [5, 5.41) is 10.8. The molecule has 20 heavy (non-hydrogen) atoms. The molecule has 0 radical (unpaired) electrons. The topological polar surface area (TPSA) is 36.4 Å². The van der Waals surface area contributed by atoms with Gasteiger partial charge in [0.2, 0.25) is 0 Å². The molecule has 2 atom stereocenters. The van der Waals surface area contributed by atoms with Gasteiger partial charge in [-0.15, -0.1) is 0 Å². The van der Waals surface area contributed by atoms with E-state index in [2.05, 4.69) is 9.88 Å². The minimum absolute atomic E-state index is 0.150. The second-order valence-corrected chi connectivity index (χ2v) is 5.90. The maximum absolute atomic E-state index is 12.7. The van der Waals surface area contributed by atoms with Crippen LogP contribution in [-0.4, -0.2) is 34.1 Å². The number of aromatic nitrogens is 1. The third-order valence-electron chi connectivity index (χ3n) is 4.65. The normalized spacial score (nSPS) is 34.5. The van der Waals surface area contributed by atoms with Crippen molar-refractivity contribution in [3.8, 4) is 0 Å². The smallest absolute Gasteiger partial charge is 0.383 e. The Hall–Kier alpha value is -1.14. The molecule has 2 unspecified atom stereocenters. The predicted octanol–water partition coefficient (Wildman–Crippen LogP) is 2.54. The number of rotatable bonds is 1. The maximum Gasteiger partial charge on any atom is 0.433 e. The van der Waals surface area contributed by atoms with Crippen LogP contribution in [0.1, 0.15) is 37.1 Å². The fourth-order valence-corrected chi connectivity index (χ4v) is 3.51. The minimum atomic E-state index is -4.48. The fourth-order valence-electron chi connectivity index (χ4n) is 3.51. The molecule has 2 aliphatic heterocycles. The van der Waals surface area contributed by atoms with E-state index in [1.54, 1.807) is 0 Å². The standard InChI is InChI=1S/C14H17F3N2O/c1-19-9-5-6-10(19)8-13(20,7-9)11-3-2-4-12(18-11)14(15,16)17/h2-4,9-10,20H,5-8H2,1H3. The summed E-state index contributed by atoms with van der Waals surface area (Å²) in [6.07, 6.45) is -1.59. The molecule has 0 amide bonds. The molecule has 2 saturated heterocycles. The Kier molecular flexibility index (Phi) is 3.06. The lowest BCUT2D eigenvalue weighted by atomic mass is 9.83. The van der Waals surface area contributed by atoms with Gasteiger partial charge in [-0.25, -0.2) is 4.98 Å². The van der Waals surface area contributed by atoms with Gasteiger partial charge in [-0.05, 0) is 44.9 Å². The number of halogens is 3. The molecule has 110 valence electrons. The van der Waals surface area contributed by atoms with Crippen LogP contribution in [0.15, 0.2) is 18.2 Å². The molecule has 2 fully saturated rings. The predicted molar refractivity (Wildman–Crippen MR) is 66.9 cm³/mol. The summed E-state index contributed by atoms with van der Waals surface area (Å²) in [5.41, 5.74) is -2.02. The lowest BCUT2D eigenvalue weighted by Crippen LogP contribution is -2.48. The van der Waals surface area contributed by atoms with E-state index < -0.39 is 17.5 Å². The summed E-state index contributed by atoms with van der Waals surface area (Å²) < 4.78 is 38.2. The number of pyridine rings is 1. The van der Waals surface area contributed by atoms with Crippen LogP contribution in [0.5, 0.6) is 0 Å². The van der Waals surface area contributed by atoms with E-state index in [4.69, 9.17) is 0 Å². The molecule has 3 nitrogen and oxygen atoms in total. The number of alkyl halides is 3. The molecule has 0 spiro atoms. The van der Waals surface area contributed by atoms with E-state index in [0.29, 0.717) is 12.8 Å². The van der Waals surface area contributed by atoms with Crippen molar-refractivity contribution in [2.75, 3.05) is 7.05 Å². The molecule has 1 N–H and O–H groups in total. The quantitative estimate of drug-likeness (QED) is 0.862. The molecule has 3 heterocycles. The molecule has 2 aliphatic rings. The van der Waals surface area contributed by atoms with Gasteiger partial charge in [0, 0.05) is 12.1 Å². The van der Waals surface area contributed by atoms with Gasteiger partial charge in [-0.3, -0.25) is 0 Å². The Bertz CT molecular complexity index is 503. The third-order valence-corrected chi connectivity index (χ3v) is 4.65. The number of piperidine rings is 1. The summed E-state index contributed by atoms with van der Waals surface area (Å²) in [6.45, 7) is 0. The molecule has 1 aromatic rings. The van der Waals surface area contributed by atoms with Gasteiger partial charge in [0.1, 0.15) is 11.3 Å². The molecule has 2 bridgehead atoms. The number of hydrogen-bond donors (Lipinski definition) is 1. The molecule has 3 rings (SSSR count). The van der Waals surface area contributed by atoms with Crippen LogP contribution < -0.4 is 0 Å². The zero-order chi connectivity index (χ0) is 14.5. The Balaban J connectivity index is 1.93. The molecular weight excluding hydrogens is 269 g/mol. The average Bonchev–Trinajstić information content (AvgIpc) is 2.62. The van der Waals surface area contributed by atoms with Gasteiger partial charge in [-0.2, -0.15) is 13.2 Å². The lowest BCUT2D eigenvalue weighted by molar-refractivity contribution is -0.141. The summed E-state index contributed by atoms with van der Waals surface area (Å²) in [7, 11) is 2.02. The first kappa shape index (κ1) is 13.8. The third kappa shape index (κ3) is 2.20. The van der Waals surface area contributed by atoms with E-state index in [1.165, 1.54) is 12.1 Å². The van der Waals surface area contributed by atoms with Crippen LogP contribution in [0.2, 0.25) is 0 Å². The molecule has 6 heteroatoms. The largest absolute Gasteiger partial charge is 0.433 e. The van der Waals surface area contributed by atoms with Gasteiger partial charge in [0.15, 0.2) is 0 Å². The van der Waals surface area contributed by atoms with E-state index >= 15 is 0 Å². The van der Waals surface area contributed by atoms with Crippen LogP contribution in [0, 0.1) is 0 Å². The molecule has 1 aromatic heterocycles. The summed E-state index contributed by atoms with van der Waals surface area (Å²) >= 11 is 0. The Morgan fingerprint density at radius 1 is 1.25 bits per heavy atom. The first-order valence-electron chi connectivity index (χ1n) is 6.79. The molecule has 0 aromatic carbocycles. The number of fused-ring (bicyclic) bond motifs is 2. The first-order valence-corrected chi connectivity index (χ1v) is 6.79. The summed E-state index contributed by atoms with van der Waals surface area (Å²) in [4.78, 5) is 5.89. The van der Waals surface area contributed by atoms with Crippen molar-refractivity contribution in [3.05, 3.63) is 29.6 Å². The molecular formula is C14H17F3N2O. The highest BCUT2D eigenvalue weighted by molar-refractivity contribution is 5.21. The molecule has 0 saturated carbocycles. The highest BCUT2D eigenvalue weighted by Crippen LogP contribution is 2.44. The second-order valence-electron chi connectivity index (χ2n) is 5.90. The van der Waals surface area contributed by atoms with Gasteiger partial charge in [0.25, 0.3) is 0 Å². The SMILES string of the molecule is CN1C2CCC1CC(O)(c1cccc(C(F)(F)F)n1)C2. The summed E-state index contributed by atoms with van der Waals surface area (Å²) in [6, 6.07) is 4.23. The van der Waals surface area contributed by atoms with Crippen molar-refractivity contribution in [1.82, 2.24) is 9.88 Å². The Labute approximate surface area is 115 Å². The Morgan fingerprint density at radius 3 is 2.40 bits per heavy atom. The van der Waals surface area contributed by atoms with E-state index in [0.717, 1.165) is 18.9 Å². The highest BCUT2D eigenvalue weighted by atomic mass is 19.4. The van der Waals surface area contributed by atoms with E-state index in [1.807, 2.05) is 7.05 Å². The van der Waals surface area contributed by atoms with Crippen molar-refractivity contribution in [2.45, 2.75) is 49.5 Å². The van der Waals surface area contributed by atoms with Crippen molar-refractivity contribution >= 4 is 0 Å². The maximum atomic E-state index is 12.7.